The first-order chi connectivity index (χ1) is 18.5. The van der Waals surface area contributed by atoms with Gasteiger partial charge in [0.2, 0.25) is 5.82 Å². The van der Waals surface area contributed by atoms with Crippen LogP contribution in [-0.2, 0) is 25.1 Å². The lowest BCUT2D eigenvalue weighted by Gasteiger charge is -2.15. The lowest BCUT2D eigenvalue weighted by molar-refractivity contribution is 0.123. The summed E-state index contributed by atoms with van der Waals surface area (Å²) >= 11 is 0. The second-order valence-corrected chi connectivity index (χ2v) is 8.64. The molecule has 0 aliphatic heterocycles. The second-order valence-electron chi connectivity index (χ2n) is 8.64. The van der Waals surface area contributed by atoms with Crippen molar-refractivity contribution in [1.82, 2.24) is 19.8 Å². The zero-order valence-corrected chi connectivity index (χ0v) is 21.2. The van der Waals surface area contributed by atoms with Crippen molar-refractivity contribution in [2.75, 3.05) is 0 Å². The fraction of sp³-hybridized carbons (Fsp3) is 0.231. The summed E-state index contributed by atoms with van der Waals surface area (Å²) in [7, 11) is 1.50. The van der Waals surface area contributed by atoms with E-state index in [0.717, 1.165) is 15.8 Å². The van der Waals surface area contributed by atoms with Gasteiger partial charge in [0.15, 0.2) is 23.3 Å². The van der Waals surface area contributed by atoms with E-state index in [4.69, 9.17) is 9.57 Å². The van der Waals surface area contributed by atoms with Crippen LogP contribution in [0.1, 0.15) is 34.7 Å². The maximum atomic E-state index is 13.8. The first-order valence-corrected chi connectivity index (χ1v) is 11.5. The van der Waals surface area contributed by atoms with Crippen molar-refractivity contribution in [1.29, 1.82) is 0 Å². The minimum atomic E-state index is -2.24. The van der Waals surface area contributed by atoms with Gasteiger partial charge in [-0.3, -0.25) is 0 Å². The Balaban J connectivity index is 1.48. The van der Waals surface area contributed by atoms with E-state index in [-0.39, 0.29) is 12.3 Å². The topological polar surface area (TPSA) is 83.5 Å². The third-order valence-electron chi connectivity index (χ3n) is 6.01. The molecule has 0 N–H and O–H groups in total. The van der Waals surface area contributed by atoms with Gasteiger partial charge in [-0.15, -0.1) is 0 Å². The van der Waals surface area contributed by atoms with E-state index < -0.39 is 46.9 Å². The van der Waals surface area contributed by atoms with Crippen LogP contribution in [0.4, 0.5) is 22.0 Å². The lowest BCUT2D eigenvalue weighted by Crippen LogP contribution is -2.23. The number of ether oxygens (including phenoxy) is 1. The van der Waals surface area contributed by atoms with Crippen molar-refractivity contribution in [3.05, 3.63) is 104 Å². The van der Waals surface area contributed by atoms with Gasteiger partial charge in [0.25, 0.3) is 0 Å². The van der Waals surface area contributed by atoms with Gasteiger partial charge in [0.05, 0.1) is 17.0 Å². The van der Waals surface area contributed by atoms with E-state index in [0.29, 0.717) is 22.6 Å². The molecule has 1 aromatic heterocycles. The number of oxime groups is 1. The molecule has 13 heteroatoms. The average molecular weight is 547 g/mol. The molecule has 204 valence electrons. The molecule has 0 aliphatic rings. The van der Waals surface area contributed by atoms with Crippen molar-refractivity contribution in [3.63, 3.8) is 0 Å². The first kappa shape index (κ1) is 27.5. The molecular weight excluding hydrogens is 525 g/mol. The van der Waals surface area contributed by atoms with Gasteiger partial charge in [0, 0.05) is 12.6 Å². The van der Waals surface area contributed by atoms with Crippen molar-refractivity contribution < 1.29 is 31.5 Å². The van der Waals surface area contributed by atoms with Crippen LogP contribution in [0.2, 0.25) is 0 Å². The Morgan fingerprint density at radius 1 is 0.872 bits per heavy atom. The zero-order valence-electron chi connectivity index (χ0n) is 21.2. The van der Waals surface area contributed by atoms with Crippen molar-refractivity contribution in [3.8, 4) is 11.4 Å². The number of aromatic nitrogens is 4. The van der Waals surface area contributed by atoms with Crippen LogP contribution in [0.25, 0.3) is 5.69 Å². The lowest BCUT2D eigenvalue weighted by atomic mass is 10.1. The molecule has 0 atom stereocenters. The molecule has 8 nitrogen and oxygen atoms in total. The highest BCUT2D eigenvalue weighted by molar-refractivity contribution is 5.98. The molecule has 4 rings (SSSR count). The summed E-state index contributed by atoms with van der Waals surface area (Å²) < 4.78 is 75.9. The molecule has 0 saturated heterocycles. The van der Waals surface area contributed by atoms with E-state index in [1.165, 1.54) is 11.7 Å². The van der Waals surface area contributed by atoms with E-state index in [2.05, 4.69) is 15.6 Å². The zero-order chi connectivity index (χ0) is 28.4. The van der Waals surface area contributed by atoms with Crippen LogP contribution < -0.4 is 10.4 Å². The normalized spacial score (nSPS) is 11.7. The van der Waals surface area contributed by atoms with Crippen LogP contribution in [0.3, 0.4) is 0 Å². The third-order valence-corrected chi connectivity index (χ3v) is 6.01. The average Bonchev–Trinajstić information content (AvgIpc) is 3.25. The van der Waals surface area contributed by atoms with Crippen LogP contribution in [-0.4, -0.2) is 25.5 Å². The Hall–Kier alpha value is -4.55. The van der Waals surface area contributed by atoms with Gasteiger partial charge in [-0.05, 0) is 72.2 Å². The summed E-state index contributed by atoms with van der Waals surface area (Å²) in [5.74, 6) is -9.76. The number of rotatable bonds is 8. The number of nitrogens with zero attached hydrogens (tertiary/aromatic N) is 5. The Kier molecular flexibility index (Phi) is 7.79. The number of hydrogen-bond acceptors (Lipinski definition) is 6. The van der Waals surface area contributed by atoms with Crippen LogP contribution in [0.15, 0.2) is 46.3 Å². The summed E-state index contributed by atoms with van der Waals surface area (Å²) in [6.07, 6.45) is 0. The smallest absolute Gasteiger partial charge is 0.368 e. The van der Waals surface area contributed by atoms with E-state index in [1.807, 2.05) is 13.0 Å². The summed E-state index contributed by atoms with van der Waals surface area (Å²) in [6, 6.07) is 10.5. The minimum Gasteiger partial charge on any atom is -0.489 e. The molecule has 39 heavy (non-hydrogen) atoms. The van der Waals surface area contributed by atoms with Gasteiger partial charge < -0.3 is 9.57 Å². The highest BCUT2D eigenvalue weighted by Gasteiger charge is 2.26. The first-order valence-electron chi connectivity index (χ1n) is 11.5. The summed E-state index contributed by atoms with van der Waals surface area (Å²) in [6.45, 7) is 4.38. The number of tetrazole rings is 1. The standard InChI is InChI=1S/C26H22F5N5O3/c1-13-6-5-7-19(36-26(37)35(4)33-34-36)17(13)11-38-20-9-8-16(10-14(20)2)15(3)32-39-12-18-21(27)23(29)25(31)24(30)22(18)28/h5-10H,11-12H2,1-4H3. The second kappa shape index (κ2) is 11.1. The molecule has 4 aromatic rings. The Morgan fingerprint density at radius 2 is 1.54 bits per heavy atom. The molecular formula is C26H22F5N5O3. The third kappa shape index (κ3) is 5.38. The van der Waals surface area contributed by atoms with Gasteiger partial charge >= 0.3 is 5.69 Å². The molecule has 0 aliphatic carbocycles. The number of hydrogen-bond donors (Lipinski definition) is 0. The van der Waals surface area contributed by atoms with Gasteiger partial charge in [-0.2, -0.15) is 9.36 Å². The summed E-state index contributed by atoms with van der Waals surface area (Å²) in [5.41, 5.74) is 2.21. The van der Waals surface area contributed by atoms with E-state index >= 15 is 0 Å². The highest BCUT2D eigenvalue weighted by Crippen LogP contribution is 2.25. The number of halogens is 5. The molecule has 0 saturated carbocycles. The SMILES string of the molecule is CC(=NOCc1c(F)c(F)c(F)c(F)c1F)c1ccc(OCc2c(C)cccc2-n2nnn(C)c2=O)c(C)c1. The fourth-order valence-corrected chi connectivity index (χ4v) is 3.75. The molecule has 0 fully saturated rings. The largest absolute Gasteiger partial charge is 0.489 e. The number of aryl methyl sites for hydroxylation is 3. The van der Waals surface area contributed by atoms with Crippen molar-refractivity contribution in [2.24, 2.45) is 12.2 Å². The molecule has 0 radical (unpaired) electrons. The Morgan fingerprint density at radius 3 is 2.15 bits per heavy atom. The van der Waals surface area contributed by atoms with Crippen LogP contribution in [0, 0.1) is 42.9 Å². The molecule has 0 spiro atoms. The fourth-order valence-electron chi connectivity index (χ4n) is 3.75. The van der Waals surface area contributed by atoms with Gasteiger partial charge in [-0.1, -0.05) is 17.3 Å². The summed E-state index contributed by atoms with van der Waals surface area (Å²) in [4.78, 5) is 17.2. The van der Waals surface area contributed by atoms with Gasteiger partial charge in [-0.25, -0.2) is 26.7 Å². The van der Waals surface area contributed by atoms with E-state index in [1.54, 1.807) is 44.2 Å². The molecule has 1 heterocycles. The Labute approximate surface area is 218 Å². The monoisotopic (exact) mass is 547 g/mol. The molecule has 0 bridgehead atoms. The van der Waals surface area contributed by atoms with Crippen LogP contribution in [0.5, 0.6) is 5.75 Å². The van der Waals surface area contributed by atoms with Crippen LogP contribution >= 0.6 is 0 Å². The Bertz CT molecular complexity index is 1620. The molecule has 0 unspecified atom stereocenters. The van der Waals surface area contributed by atoms with Gasteiger partial charge in [0.1, 0.15) is 19.0 Å². The van der Waals surface area contributed by atoms with E-state index in [9.17, 15) is 26.7 Å². The quantitative estimate of drug-likeness (QED) is 0.104. The summed E-state index contributed by atoms with van der Waals surface area (Å²) in [5, 5.41) is 11.4. The number of benzene rings is 3. The van der Waals surface area contributed by atoms with Crippen molar-refractivity contribution in [2.45, 2.75) is 34.0 Å². The molecule has 3 aromatic carbocycles. The predicted molar refractivity (Wildman–Crippen MR) is 130 cm³/mol. The predicted octanol–water partition coefficient (Wildman–Crippen LogP) is 4.80. The van der Waals surface area contributed by atoms with Crippen molar-refractivity contribution >= 4 is 5.71 Å². The highest BCUT2D eigenvalue weighted by atomic mass is 19.2. The molecule has 0 amide bonds. The minimum absolute atomic E-state index is 0.128. The maximum absolute atomic E-state index is 13.8. The maximum Gasteiger partial charge on any atom is 0.368 e.